The number of rotatable bonds is 3. The Morgan fingerprint density at radius 2 is 2.15 bits per heavy atom. The van der Waals surface area contributed by atoms with Gasteiger partial charge < -0.3 is 9.73 Å². The molecule has 2 aromatic heterocycles. The van der Waals surface area contributed by atoms with E-state index in [1.54, 1.807) is 19.1 Å². The minimum absolute atomic E-state index is 0.126. The topological polar surface area (TPSA) is 68.0 Å². The number of hydrogen-bond acceptors (Lipinski definition) is 5. The summed E-state index contributed by atoms with van der Waals surface area (Å²) < 4.78 is 5.37. The molecule has 0 unspecified atom stereocenters. The van der Waals surface area contributed by atoms with E-state index in [0.29, 0.717) is 22.3 Å². The van der Waals surface area contributed by atoms with Crippen LogP contribution in [0.25, 0.3) is 11.5 Å². The van der Waals surface area contributed by atoms with Crippen molar-refractivity contribution in [2.45, 2.75) is 6.92 Å². The van der Waals surface area contributed by atoms with Crippen LogP contribution in [0.4, 0.5) is 5.69 Å². The number of carbonyl (C=O) groups is 1. The fourth-order valence-electron chi connectivity index (χ4n) is 1.74. The summed E-state index contributed by atoms with van der Waals surface area (Å²) in [5.41, 5.74) is 1.46. The van der Waals surface area contributed by atoms with Gasteiger partial charge in [-0.15, -0.1) is 21.5 Å². The molecule has 0 saturated carbocycles. The number of thiophene rings is 1. The molecule has 100 valence electrons. The zero-order chi connectivity index (χ0) is 13.9. The van der Waals surface area contributed by atoms with E-state index < -0.39 is 0 Å². The fraction of sp³-hybridized carbons (Fsp3) is 0.0714. The van der Waals surface area contributed by atoms with E-state index in [4.69, 9.17) is 4.42 Å². The Kier molecular flexibility index (Phi) is 3.30. The number of nitrogens with one attached hydrogen (secondary N) is 1. The van der Waals surface area contributed by atoms with Crippen molar-refractivity contribution in [2.24, 2.45) is 0 Å². The number of amides is 1. The number of hydrogen-bond donors (Lipinski definition) is 1. The van der Waals surface area contributed by atoms with Gasteiger partial charge in [-0.1, -0.05) is 12.1 Å². The number of aryl methyl sites for hydroxylation is 1. The highest BCUT2D eigenvalue weighted by molar-refractivity contribution is 7.12. The van der Waals surface area contributed by atoms with Gasteiger partial charge in [0.25, 0.3) is 5.91 Å². The second kappa shape index (κ2) is 5.26. The Labute approximate surface area is 119 Å². The molecule has 3 aromatic rings. The Hall–Kier alpha value is -2.47. The summed E-state index contributed by atoms with van der Waals surface area (Å²) in [6.07, 6.45) is 0. The van der Waals surface area contributed by atoms with Crippen LogP contribution in [0.3, 0.4) is 0 Å². The minimum Gasteiger partial charge on any atom is -0.421 e. The Morgan fingerprint density at radius 1 is 1.25 bits per heavy atom. The maximum absolute atomic E-state index is 12.0. The van der Waals surface area contributed by atoms with Crippen LogP contribution < -0.4 is 5.32 Å². The van der Waals surface area contributed by atoms with Crippen LogP contribution in [0.2, 0.25) is 0 Å². The van der Waals surface area contributed by atoms with Crippen molar-refractivity contribution in [1.29, 1.82) is 0 Å². The fourth-order valence-corrected chi connectivity index (χ4v) is 2.36. The van der Waals surface area contributed by atoms with Crippen LogP contribution in [0.15, 0.2) is 46.2 Å². The van der Waals surface area contributed by atoms with Crippen LogP contribution in [0.1, 0.15) is 15.6 Å². The predicted octanol–water partition coefficient (Wildman–Crippen LogP) is 3.36. The summed E-state index contributed by atoms with van der Waals surface area (Å²) in [6, 6.07) is 10.9. The van der Waals surface area contributed by atoms with E-state index >= 15 is 0 Å². The average molecular weight is 285 g/mol. The number of benzene rings is 1. The molecule has 0 atom stereocenters. The van der Waals surface area contributed by atoms with Gasteiger partial charge in [-0.2, -0.15) is 0 Å². The molecule has 0 aliphatic carbocycles. The molecule has 0 fully saturated rings. The number of nitrogens with zero attached hydrogens (tertiary/aromatic N) is 2. The highest BCUT2D eigenvalue weighted by Gasteiger charge is 2.09. The third-order valence-electron chi connectivity index (χ3n) is 2.64. The van der Waals surface area contributed by atoms with Gasteiger partial charge in [-0.3, -0.25) is 4.79 Å². The van der Waals surface area contributed by atoms with E-state index in [-0.39, 0.29) is 5.91 Å². The number of aromatic nitrogens is 2. The van der Waals surface area contributed by atoms with Gasteiger partial charge in [0, 0.05) is 18.2 Å². The predicted molar refractivity (Wildman–Crippen MR) is 76.7 cm³/mol. The molecular weight excluding hydrogens is 274 g/mol. The Balaban J connectivity index is 1.83. The standard InChI is InChI=1S/C14H11N3O2S/c1-9-16-17-14(19-9)10-4-2-5-11(8-10)15-13(18)12-6-3-7-20-12/h2-8H,1H3,(H,15,18). The molecule has 5 nitrogen and oxygen atoms in total. The summed E-state index contributed by atoms with van der Waals surface area (Å²) in [6.45, 7) is 1.74. The first kappa shape index (κ1) is 12.6. The largest absolute Gasteiger partial charge is 0.421 e. The molecule has 0 spiro atoms. The number of anilines is 1. The maximum atomic E-state index is 12.0. The first-order valence-electron chi connectivity index (χ1n) is 5.98. The van der Waals surface area contributed by atoms with Crippen molar-refractivity contribution in [3.63, 3.8) is 0 Å². The molecule has 0 aliphatic heterocycles. The normalized spacial score (nSPS) is 10.4. The van der Waals surface area contributed by atoms with Gasteiger partial charge in [0.15, 0.2) is 0 Å². The molecule has 1 aromatic carbocycles. The van der Waals surface area contributed by atoms with Crippen molar-refractivity contribution >= 4 is 22.9 Å². The molecule has 0 saturated heterocycles. The van der Waals surface area contributed by atoms with Gasteiger partial charge in [-0.05, 0) is 29.6 Å². The summed E-state index contributed by atoms with van der Waals surface area (Å²) in [4.78, 5) is 12.6. The van der Waals surface area contributed by atoms with E-state index in [1.165, 1.54) is 11.3 Å². The molecule has 2 heterocycles. The van der Waals surface area contributed by atoms with Crippen molar-refractivity contribution in [3.8, 4) is 11.5 Å². The van der Waals surface area contributed by atoms with Crippen LogP contribution in [0, 0.1) is 6.92 Å². The van der Waals surface area contributed by atoms with E-state index in [9.17, 15) is 4.79 Å². The summed E-state index contributed by atoms with van der Waals surface area (Å²) in [7, 11) is 0. The van der Waals surface area contributed by atoms with Crippen LogP contribution in [0.5, 0.6) is 0 Å². The summed E-state index contributed by atoms with van der Waals surface area (Å²) >= 11 is 1.40. The molecule has 0 bridgehead atoms. The minimum atomic E-state index is -0.126. The first-order valence-corrected chi connectivity index (χ1v) is 6.86. The molecule has 6 heteroatoms. The first-order chi connectivity index (χ1) is 9.72. The van der Waals surface area contributed by atoms with Gasteiger partial charge in [0.1, 0.15) is 0 Å². The lowest BCUT2D eigenvalue weighted by molar-refractivity contribution is 0.103. The Bertz CT molecular complexity index is 734. The lowest BCUT2D eigenvalue weighted by Gasteiger charge is -2.04. The molecule has 3 rings (SSSR count). The van der Waals surface area contributed by atoms with Crippen molar-refractivity contribution in [3.05, 3.63) is 52.5 Å². The maximum Gasteiger partial charge on any atom is 0.265 e. The third-order valence-corrected chi connectivity index (χ3v) is 3.51. The Morgan fingerprint density at radius 3 is 2.85 bits per heavy atom. The number of carbonyl (C=O) groups excluding carboxylic acids is 1. The van der Waals surface area contributed by atoms with Crippen molar-refractivity contribution < 1.29 is 9.21 Å². The zero-order valence-electron chi connectivity index (χ0n) is 10.7. The van der Waals surface area contributed by atoms with E-state index in [2.05, 4.69) is 15.5 Å². The molecule has 0 aliphatic rings. The highest BCUT2D eigenvalue weighted by Crippen LogP contribution is 2.22. The zero-order valence-corrected chi connectivity index (χ0v) is 11.5. The second-order valence-corrected chi connectivity index (χ2v) is 5.09. The van der Waals surface area contributed by atoms with Gasteiger partial charge in [0.05, 0.1) is 4.88 Å². The van der Waals surface area contributed by atoms with E-state index in [0.717, 1.165) is 5.56 Å². The molecule has 20 heavy (non-hydrogen) atoms. The van der Waals surface area contributed by atoms with E-state index in [1.807, 2.05) is 29.6 Å². The van der Waals surface area contributed by atoms with Crippen LogP contribution in [-0.2, 0) is 0 Å². The summed E-state index contributed by atoms with van der Waals surface area (Å²) in [5, 5.41) is 12.5. The van der Waals surface area contributed by atoms with Gasteiger partial charge in [-0.25, -0.2) is 0 Å². The molecule has 1 N–H and O–H groups in total. The third kappa shape index (κ3) is 2.60. The smallest absolute Gasteiger partial charge is 0.265 e. The molecular formula is C14H11N3O2S. The average Bonchev–Trinajstić information content (AvgIpc) is 3.10. The second-order valence-electron chi connectivity index (χ2n) is 4.14. The highest BCUT2D eigenvalue weighted by atomic mass is 32.1. The quantitative estimate of drug-likeness (QED) is 0.801. The lowest BCUT2D eigenvalue weighted by Crippen LogP contribution is -2.09. The van der Waals surface area contributed by atoms with Crippen molar-refractivity contribution in [2.75, 3.05) is 5.32 Å². The monoisotopic (exact) mass is 285 g/mol. The SMILES string of the molecule is Cc1nnc(-c2cccc(NC(=O)c3cccs3)c2)o1. The lowest BCUT2D eigenvalue weighted by atomic mass is 10.2. The van der Waals surface area contributed by atoms with Gasteiger partial charge >= 0.3 is 0 Å². The van der Waals surface area contributed by atoms with Crippen molar-refractivity contribution in [1.82, 2.24) is 10.2 Å². The molecule has 0 radical (unpaired) electrons. The molecule has 1 amide bonds. The van der Waals surface area contributed by atoms with Crippen LogP contribution in [-0.4, -0.2) is 16.1 Å². The van der Waals surface area contributed by atoms with Crippen LogP contribution >= 0.6 is 11.3 Å². The van der Waals surface area contributed by atoms with Gasteiger partial charge in [0.2, 0.25) is 11.8 Å². The summed E-state index contributed by atoms with van der Waals surface area (Å²) in [5.74, 6) is 0.821.